The maximum absolute atomic E-state index is 11.8. The van der Waals surface area contributed by atoms with E-state index >= 15 is 0 Å². The zero-order valence-corrected chi connectivity index (χ0v) is 13.9. The summed E-state index contributed by atoms with van der Waals surface area (Å²) in [6.45, 7) is 3.80. The van der Waals surface area contributed by atoms with E-state index in [2.05, 4.69) is 10.0 Å². The van der Waals surface area contributed by atoms with Gasteiger partial charge in [-0.2, -0.15) is 0 Å². The van der Waals surface area contributed by atoms with Crippen molar-refractivity contribution in [3.8, 4) is 0 Å². The van der Waals surface area contributed by atoms with Gasteiger partial charge in [0, 0.05) is 12.5 Å². The third-order valence-electron chi connectivity index (χ3n) is 2.88. The van der Waals surface area contributed by atoms with Gasteiger partial charge in [0.1, 0.15) is 0 Å². The molecule has 0 aliphatic carbocycles. The number of nitrogens with one attached hydrogen (secondary N) is 2. The van der Waals surface area contributed by atoms with Crippen LogP contribution in [-0.4, -0.2) is 27.1 Å². The molecule has 1 amide bonds. The molecule has 8 heteroatoms. The molecule has 6 nitrogen and oxygen atoms in total. The summed E-state index contributed by atoms with van der Waals surface area (Å²) >= 11 is 0. The molecule has 0 aliphatic heterocycles. The van der Waals surface area contributed by atoms with E-state index in [4.69, 9.17) is 5.73 Å². The lowest BCUT2D eigenvalue weighted by molar-refractivity contribution is -0.124. The van der Waals surface area contributed by atoms with E-state index in [9.17, 15) is 13.2 Å². The van der Waals surface area contributed by atoms with Crippen LogP contribution in [0.15, 0.2) is 24.3 Å². The summed E-state index contributed by atoms with van der Waals surface area (Å²) in [4.78, 5) is 11.8. The lowest BCUT2D eigenvalue weighted by Gasteiger charge is -2.20. The molecule has 0 aromatic heterocycles. The number of para-hydroxylation sites is 1. The minimum absolute atomic E-state index is 0. The Kier molecular flexibility index (Phi) is 7.70. The number of sulfonamides is 1. The van der Waals surface area contributed by atoms with Gasteiger partial charge in [-0.1, -0.05) is 25.1 Å². The third kappa shape index (κ3) is 6.33. The fraction of sp³-hybridized carbons (Fsp3) is 0.462. The molecule has 1 aromatic carbocycles. The van der Waals surface area contributed by atoms with E-state index in [1.54, 1.807) is 38.1 Å². The summed E-state index contributed by atoms with van der Waals surface area (Å²) in [7, 11) is -3.37. The van der Waals surface area contributed by atoms with Gasteiger partial charge < -0.3 is 11.1 Å². The average molecular weight is 336 g/mol. The van der Waals surface area contributed by atoms with Crippen LogP contribution in [0.5, 0.6) is 0 Å². The fourth-order valence-corrected chi connectivity index (χ4v) is 2.29. The van der Waals surface area contributed by atoms with E-state index in [-0.39, 0.29) is 36.8 Å². The SMILES string of the molecule is CC(CN)C(=O)NC(C)c1ccccc1NS(C)(=O)=O.Cl. The number of halogens is 1. The largest absolute Gasteiger partial charge is 0.349 e. The van der Waals surface area contributed by atoms with Crippen molar-refractivity contribution in [1.29, 1.82) is 0 Å². The van der Waals surface area contributed by atoms with E-state index < -0.39 is 10.0 Å². The Hall–Kier alpha value is -1.31. The molecule has 120 valence electrons. The summed E-state index contributed by atoms with van der Waals surface area (Å²) in [6.07, 6.45) is 1.09. The topological polar surface area (TPSA) is 101 Å². The van der Waals surface area contributed by atoms with E-state index in [1.807, 2.05) is 0 Å². The van der Waals surface area contributed by atoms with Crippen molar-refractivity contribution in [2.24, 2.45) is 11.7 Å². The zero-order valence-electron chi connectivity index (χ0n) is 12.3. The predicted octanol–water partition coefficient (Wildman–Crippen LogP) is 1.25. The van der Waals surface area contributed by atoms with Crippen molar-refractivity contribution in [3.05, 3.63) is 29.8 Å². The molecule has 0 aliphatic rings. The molecule has 0 spiro atoms. The monoisotopic (exact) mass is 335 g/mol. The molecular weight excluding hydrogens is 314 g/mol. The summed E-state index contributed by atoms with van der Waals surface area (Å²) in [6, 6.07) is 6.63. The standard InChI is InChI=1S/C13H21N3O3S.ClH/c1-9(8-14)13(17)15-10(2)11-6-4-5-7-12(11)16-20(3,18)19;/h4-7,9-10,16H,8,14H2,1-3H3,(H,15,17);1H. The highest BCUT2D eigenvalue weighted by Crippen LogP contribution is 2.23. The highest BCUT2D eigenvalue weighted by molar-refractivity contribution is 7.92. The number of carbonyl (C=O) groups excluding carboxylic acids is 1. The van der Waals surface area contributed by atoms with Crippen molar-refractivity contribution in [1.82, 2.24) is 5.32 Å². The molecule has 1 rings (SSSR count). The molecule has 2 atom stereocenters. The minimum atomic E-state index is -3.37. The quantitative estimate of drug-likeness (QED) is 0.728. The summed E-state index contributed by atoms with van der Waals surface area (Å²) < 4.78 is 25.1. The molecular formula is C13H22ClN3O3S. The van der Waals surface area contributed by atoms with Crippen molar-refractivity contribution in [2.45, 2.75) is 19.9 Å². The van der Waals surface area contributed by atoms with E-state index in [1.165, 1.54) is 0 Å². The Bertz CT molecular complexity index is 578. The number of nitrogens with two attached hydrogens (primary N) is 1. The van der Waals surface area contributed by atoms with Gasteiger partial charge in [-0.15, -0.1) is 12.4 Å². The number of benzene rings is 1. The fourth-order valence-electron chi connectivity index (χ4n) is 1.71. The van der Waals surface area contributed by atoms with Crippen LogP contribution in [0.1, 0.15) is 25.5 Å². The highest BCUT2D eigenvalue weighted by Gasteiger charge is 2.17. The smallest absolute Gasteiger partial charge is 0.229 e. The first-order valence-electron chi connectivity index (χ1n) is 6.31. The second-order valence-electron chi connectivity index (χ2n) is 4.83. The second-order valence-corrected chi connectivity index (χ2v) is 6.58. The molecule has 0 radical (unpaired) electrons. The minimum Gasteiger partial charge on any atom is -0.349 e. The van der Waals surface area contributed by atoms with Gasteiger partial charge in [-0.3, -0.25) is 9.52 Å². The maximum atomic E-state index is 11.8. The molecule has 0 bridgehead atoms. The molecule has 1 aromatic rings. The molecule has 2 unspecified atom stereocenters. The predicted molar refractivity (Wildman–Crippen MR) is 86.9 cm³/mol. The highest BCUT2D eigenvalue weighted by atomic mass is 35.5. The molecule has 0 saturated heterocycles. The summed E-state index contributed by atoms with van der Waals surface area (Å²) in [5, 5.41) is 2.82. The Balaban J connectivity index is 0.00000400. The van der Waals surface area contributed by atoms with Crippen LogP contribution < -0.4 is 15.8 Å². The van der Waals surface area contributed by atoms with E-state index in [0.717, 1.165) is 6.26 Å². The van der Waals surface area contributed by atoms with Gasteiger partial charge in [0.05, 0.1) is 18.0 Å². The Morgan fingerprint density at radius 1 is 1.29 bits per heavy atom. The molecule has 0 heterocycles. The lowest BCUT2D eigenvalue weighted by atomic mass is 10.1. The average Bonchev–Trinajstić information content (AvgIpc) is 2.36. The number of anilines is 1. The molecule has 0 fully saturated rings. The van der Waals surface area contributed by atoms with Crippen molar-refractivity contribution < 1.29 is 13.2 Å². The number of amides is 1. The molecule has 0 saturated carbocycles. The Labute approximate surface area is 132 Å². The summed E-state index contributed by atoms with van der Waals surface area (Å²) in [5.74, 6) is -0.443. The van der Waals surface area contributed by atoms with E-state index in [0.29, 0.717) is 11.3 Å². The van der Waals surface area contributed by atoms with Crippen LogP contribution in [0.3, 0.4) is 0 Å². The van der Waals surface area contributed by atoms with Gasteiger partial charge >= 0.3 is 0 Å². The van der Waals surface area contributed by atoms with Crippen molar-refractivity contribution >= 4 is 34.0 Å². The van der Waals surface area contributed by atoms with Crippen LogP contribution in [0.25, 0.3) is 0 Å². The first kappa shape index (κ1) is 19.7. The van der Waals surface area contributed by atoms with Crippen LogP contribution >= 0.6 is 12.4 Å². The normalized spacial score (nSPS) is 13.7. The van der Waals surface area contributed by atoms with Crippen molar-refractivity contribution in [3.63, 3.8) is 0 Å². The lowest BCUT2D eigenvalue weighted by Crippen LogP contribution is -2.35. The van der Waals surface area contributed by atoms with Crippen LogP contribution in [0, 0.1) is 5.92 Å². The van der Waals surface area contributed by atoms with Gasteiger partial charge in [-0.25, -0.2) is 8.42 Å². The van der Waals surface area contributed by atoms with Crippen molar-refractivity contribution in [2.75, 3.05) is 17.5 Å². The molecule has 4 N–H and O–H groups in total. The Morgan fingerprint density at radius 2 is 1.86 bits per heavy atom. The first-order valence-corrected chi connectivity index (χ1v) is 8.21. The van der Waals surface area contributed by atoms with Gasteiger partial charge in [-0.05, 0) is 18.6 Å². The van der Waals surface area contributed by atoms with Crippen LogP contribution in [0.4, 0.5) is 5.69 Å². The maximum Gasteiger partial charge on any atom is 0.229 e. The number of hydrogen-bond donors (Lipinski definition) is 3. The zero-order chi connectivity index (χ0) is 15.3. The number of hydrogen-bond acceptors (Lipinski definition) is 4. The van der Waals surface area contributed by atoms with Gasteiger partial charge in [0.2, 0.25) is 15.9 Å². The number of carbonyl (C=O) groups is 1. The van der Waals surface area contributed by atoms with Crippen LogP contribution in [-0.2, 0) is 14.8 Å². The van der Waals surface area contributed by atoms with Gasteiger partial charge in [0.15, 0.2) is 0 Å². The Morgan fingerprint density at radius 3 is 2.38 bits per heavy atom. The third-order valence-corrected chi connectivity index (χ3v) is 3.47. The second kappa shape index (κ2) is 8.21. The first-order chi connectivity index (χ1) is 9.24. The van der Waals surface area contributed by atoms with Crippen LogP contribution in [0.2, 0.25) is 0 Å². The number of rotatable bonds is 6. The molecule has 21 heavy (non-hydrogen) atoms. The summed E-state index contributed by atoms with van der Waals surface area (Å²) in [5.41, 5.74) is 6.61. The van der Waals surface area contributed by atoms with Gasteiger partial charge in [0.25, 0.3) is 0 Å².